The Bertz CT molecular complexity index is 950. The number of carbonyl (C=O) groups is 1. The molecule has 3 aromatic heterocycles. The molecule has 3 aromatic rings. The summed E-state index contributed by atoms with van der Waals surface area (Å²) >= 11 is 1.70. The second-order valence-electron chi connectivity index (χ2n) is 7.63. The molecule has 2 aliphatic rings. The standard InChI is InChI=1S/C21H22N4OS/c26-18(12-16-4-1-2-9-22-16)25-10-8-21(14-25)7-3-5-17-19(23-24-20(17)21)15-6-11-27-13-15/h1-2,4,6,9,11,13H,3,5,7-8,10,12,14H2,(H,23,24)/t21-/m1/s1. The maximum absolute atomic E-state index is 12.8. The van der Waals surface area contributed by atoms with Crippen molar-refractivity contribution in [3.8, 4) is 11.3 Å². The highest BCUT2D eigenvalue weighted by molar-refractivity contribution is 7.08. The molecule has 5 nitrogen and oxygen atoms in total. The Balaban J connectivity index is 1.39. The number of amides is 1. The van der Waals surface area contributed by atoms with Gasteiger partial charge in [-0.05, 0) is 49.3 Å². The van der Waals surface area contributed by atoms with E-state index in [0.717, 1.165) is 50.2 Å². The number of nitrogens with zero attached hydrogens (tertiary/aromatic N) is 3. The zero-order valence-electron chi connectivity index (χ0n) is 15.1. The molecule has 0 aromatic carbocycles. The van der Waals surface area contributed by atoms with Crippen molar-refractivity contribution in [3.05, 3.63) is 58.2 Å². The number of hydrogen-bond donors (Lipinski definition) is 1. The van der Waals surface area contributed by atoms with Crippen molar-refractivity contribution in [2.24, 2.45) is 0 Å². The minimum atomic E-state index is 0.0363. The van der Waals surface area contributed by atoms with Crippen LogP contribution in [0, 0.1) is 0 Å². The molecule has 138 valence electrons. The molecule has 1 saturated heterocycles. The van der Waals surface area contributed by atoms with Gasteiger partial charge in [0, 0.05) is 52.6 Å². The molecule has 4 heterocycles. The Labute approximate surface area is 162 Å². The van der Waals surface area contributed by atoms with Crippen molar-refractivity contribution in [2.45, 2.75) is 37.5 Å². The summed E-state index contributed by atoms with van der Waals surface area (Å²) < 4.78 is 0. The molecule has 1 fully saturated rings. The van der Waals surface area contributed by atoms with Crippen LogP contribution in [0.15, 0.2) is 41.2 Å². The van der Waals surface area contributed by atoms with Gasteiger partial charge in [-0.2, -0.15) is 16.4 Å². The molecular weight excluding hydrogens is 356 g/mol. The summed E-state index contributed by atoms with van der Waals surface area (Å²) in [4.78, 5) is 19.1. The van der Waals surface area contributed by atoms with Crippen LogP contribution in [0.2, 0.25) is 0 Å². The van der Waals surface area contributed by atoms with Crippen molar-refractivity contribution in [1.29, 1.82) is 0 Å². The van der Waals surface area contributed by atoms with Crippen LogP contribution in [0.4, 0.5) is 0 Å². The van der Waals surface area contributed by atoms with Gasteiger partial charge in [-0.3, -0.25) is 14.9 Å². The lowest BCUT2D eigenvalue weighted by molar-refractivity contribution is -0.129. The highest BCUT2D eigenvalue weighted by Crippen LogP contribution is 2.45. The van der Waals surface area contributed by atoms with Gasteiger partial charge in [0.25, 0.3) is 0 Å². The fraction of sp³-hybridized carbons (Fsp3) is 0.381. The molecule has 6 heteroatoms. The van der Waals surface area contributed by atoms with Crippen LogP contribution >= 0.6 is 11.3 Å². The van der Waals surface area contributed by atoms with Gasteiger partial charge in [0.2, 0.25) is 5.91 Å². The largest absolute Gasteiger partial charge is 0.341 e. The Hall–Kier alpha value is -2.47. The SMILES string of the molecule is O=C(Cc1ccccn1)N1CC[C@]2(CCCc3c(-c4ccsc4)n[nH]c32)C1. The summed E-state index contributed by atoms with van der Waals surface area (Å²) in [7, 11) is 0. The predicted molar refractivity (Wildman–Crippen MR) is 106 cm³/mol. The monoisotopic (exact) mass is 378 g/mol. The second kappa shape index (κ2) is 6.60. The smallest absolute Gasteiger partial charge is 0.228 e. The van der Waals surface area contributed by atoms with Gasteiger partial charge in [-0.15, -0.1) is 0 Å². The Morgan fingerprint density at radius 1 is 1.30 bits per heavy atom. The van der Waals surface area contributed by atoms with E-state index in [1.807, 2.05) is 23.1 Å². The third kappa shape index (κ3) is 2.88. The van der Waals surface area contributed by atoms with Gasteiger partial charge in [0.15, 0.2) is 0 Å². The van der Waals surface area contributed by atoms with E-state index >= 15 is 0 Å². The van der Waals surface area contributed by atoms with E-state index in [2.05, 4.69) is 32.0 Å². The molecule has 0 bridgehead atoms. The molecular formula is C21H22N4OS. The van der Waals surface area contributed by atoms with E-state index in [0.29, 0.717) is 6.42 Å². The minimum absolute atomic E-state index is 0.0363. The van der Waals surface area contributed by atoms with Crippen LogP contribution in [0.25, 0.3) is 11.3 Å². The number of nitrogens with one attached hydrogen (secondary N) is 1. The van der Waals surface area contributed by atoms with Crippen LogP contribution in [0.1, 0.15) is 36.2 Å². The van der Waals surface area contributed by atoms with Crippen LogP contribution in [0.5, 0.6) is 0 Å². The van der Waals surface area contributed by atoms with E-state index in [1.54, 1.807) is 17.5 Å². The number of pyridine rings is 1. The van der Waals surface area contributed by atoms with Gasteiger partial charge in [0.1, 0.15) is 0 Å². The van der Waals surface area contributed by atoms with E-state index in [4.69, 9.17) is 0 Å². The van der Waals surface area contributed by atoms with Gasteiger partial charge >= 0.3 is 0 Å². The Kier molecular flexibility index (Phi) is 4.08. The lowest BCUT2D eigenvalue weighted by Gasteiger charge is -2.33. The lowest BCUT2D eigenvalue weighted by atomic mass is 9.72. The molecule has 1 atom stereocenters. The fourth-order valence-electron chi connectivity index (χ4n) is 4.68. The number of hydrogen-bond acceptors (Lipinski definition) is 4. The number of likely N-dealkylation sites (tertiary alicyclic amines) is 1. The number of aromatic amines is 1. The first-order valence-corrected chi connectivity index (χ1v) is 10.5. The second-order valence-corrected chi connectivity index (χ2v) is 8.41. The van der Waals surface area contributed by atoms with Crippen LogP contribution in [-0.2, 0) is 23.1 Å². The maximum Gasteiger partial charge on any atom is 0.228 e. The first kappa shape index (κ1) is 16.7. The third-order valence-corrected chi connectivity index (χ3v) is 6.72. The quantitative estimate of drug-likeness (QED) is 0.758. The topological polar surface area (TPSA) is 61.9 Å². The highest BCUT2D eigenvalue weighted by Gasteiger charge is 2.45. The normalized spacial score (nSPS) is 21.6. The van der Waals surface area contributed by atoms with Crippen molar-refractivity contribution < 1.29 is 4.79 Å². The number of H-pyrrole nitrogens is 1. The van der Waals surface area contributed by atoms with Gasteiger partial charge in [-0.25, -0.2) is 0 Å². The van der Waals surface area contributed by atoms with Gasteiger partial charge in [-0.1, -0.05) is 6.07 Å². The summed E-state index contributed by atoms with van der Waals surface area (Å²) in [6.45, 7) is 1.61. The average Bonchev–Trinajstić information content (AvgIpc) is 3.43. The van der Waals surface area contributed by atoms with Gasteiger partial charge < -0.3 is 4.90 Å². The number of carbonyl (C=O) groups excluding carboxylic acids is 1. The summed E-state index contributed by atoms with van der Waals surface area (Å²) in [6, 6.07) is 7.88. The Morgan fingerprint density at radius 3 is 3.07 bits per heavy atom. The highest BCUT2D eigenvalue weighted by atomic mass is 32.1. The summed E-state index contributed by atoms with van der Waals surface area (Å²) in [5.41, 5.74) is 5.81. The molecule has 1 N–H and O–H groups in total. The maximum atomic E-state index is 12.8. The van der Waals surface area contributed by atoms with Crippen LogP contribution in [0.3, 0.4) is 0 Å². The molecule has 5 rings (SSSR count). The third-order valence-electron chi connectivity index (χ3n) is 6.04. The van der Waals surface area contributed by atoms with E-state index < -0.39 is 0 Å². The van der Waals surface area contributed by atoms with Crippen LogP contribution < -0.4 is 0 Å². The summed E-state index contributed by atoms with van der Waals surface area (Å²) in [5.74, 6) is 0.176. The van der Waals surface area contributed by atoms with Crippen molar-refractivity contribution in [2.75, 3.05) is 13.1 Å². The predicted octanol–water partition coefficient (Wildman–Crippen LogP) is 3.58. The Morgan fingerprint density at radius 2 is 2.26 bits per heavy atom. The van der Waals surface area contributed by atoms with Gasteiger partial charge in [0.05, 0.1) is 12.1 Å². The zero-order valence-corrected chi connectivity index (χ0v) is 16.0. The first-order valence-electron chi connectivity index (χ1n) is 9.53. The fourth-order valence-corrected chi connectivity index (χ4v) is 5.32. The first-order chi connectivity index (χ1) is 13.3. The van der Waals surface area contributed by atoms with E-state index in [-0.39, 0.29) is 11.3 Å². The van der Waals surface area contributed by atoms with Crippen LogP contribution in [-0.4, -0.2) is 39.1 Å². The lowest BCUT2D eigenvalue weighted by Crippen LogP contribution is -2.37. The molecule has 0 unspecified atom stereocenters. The average molecular weight is 379 g/mol. The van der Waals surface area contributed by atoms with Crippen molar-refractivity contribution >= 4 is 17.2 Å². The van der Waals surface area contributed by atoms with Crippen molar-refractivity contribution in [1.82, 2.24) is 20.1 Å². The molecule has 27 heavy (non-hydrogen) atoms. The number of thiophene rings is 1. The molecule has 0 radical (unpaired) electrons. The number of rotatable bonds is 3. The summed E-state index contributed by atoms with van der Waals surface area (Å²) in [5, 5.41) is 12.3. The molecule has 1 spiro atoms. The molecule has 1 aliphatic carbocycles. The van der Waals surface area contributed by atoms with E-state index in [1.165, 1.54) is 16.8 Å². The van der Waals surface area contributed by atoms with E-state index in [9.17, 15) is 4.79 Å². The molecule has 1 aliphatic heterocycles. The van der Waals surface area contributed by atoms with Crippen molar-refractivity contribution in [3.63, 3.8) is 0 Å². The minimum Gasteiger partial charge on any atom is -0.341 e. The summed E-state index contributed by atoms with van der Waals surface area (Å²) in [6.07, 6.45) is 6.50. The number of fused-ring (bicyclic) bond motifs is 2. The zero-order chi connectivity index (χ0) is 18.3. The molecule has 0 saturated carbocycles. The number of aromatic nitrogens is 3. The molecule has 1 amide bonds.